The van der Waals surface area contributed by atoms with Crippen LogP contribution in [0.4, 0.5) is 4.79 Å². The third-order valence-corrected chi connectivity index (χ3v) is 2.66. The fraction of sp³-hybridized carbons (Fsp3) is 0.933. The smallest absolute Gasteiger partial charge is 0.410 e. The summed E-state index contributed by atoms with van der Waals surface area (Å²) in [7, 11) is 0. The molecule has 1 aliphatic rings. The quantitative estimate of drug-likeness (QED) is 0.847. The first-order valence-electron chi connectivity index (χ1n) is 7.65. The molecule has 0 atom stereocenters. The zero-order chi connectivity index (χ0) is 15.6. The highest BCUT2D eigenvalue weighted by atomic mass is 16.6. The van der Waals surface area contributed by atoms with Crippen molar-refractivity contribution in [2.75, 3.05) is 39.3 Å². The van der Waals surface area contributed by atoms with Gasteiger partial charge in [0, 0.05) is 26.2 Å². The Bertz CT molecular complexity index is 264. The van der Waals surface area contributed by atoms with Gasteiger partial charge in [-0.1, -0.05) is 20.3 Å². The van der Waals surface area contributed by atoms with Crippen LogP contribution in [0.2, 0.25) is 0 Å². The van der Waals surface area contributed by atoms with E-state index >= 15 is 0 Å². The number of hydrogen-bond acceptors (Lipinski definition) is 4. The number of ether oxygens (including phenoxy) is 1. The van der Waals surface area contributed by atoms with E-state index in [1.54, 1.807) is 4.90 Å². The molecule has 0 spiro atoms. The minimum atomic E-state index is -0.436. The van der Waals surface area contributed by atoms with Gasteiger partial charge in [0.2, 0.25) is 0 Å². The summed E-state index contributed by atoms with van der Waals surface area (Å²) in [6, 6.07) is 0. The van der Waals surface area contributed by atoms with E-state index in [4.69, 9.17) is 9.84 Å². The number of β-amino-alcohol motifs (C(OH)–C–C–N with tert-alkyl or cyclic N) is 1. The van der Waals surface area contributed by atoms with E-state index in [2.05, 4.69) is 18.7 Å². The van der Waals surface area contributed by atoms with E-state index in [1.807, 2.05) is 20.8 Å². The molecule has 0 aromatic rings. The van der Waals surface area contributed by atoms with Crippen LogP contribution in [-0.4, -0.2) is 65.9 Å². The number of amides is 1. The topological polar surface area (TPSA) is 53.0 Å². The van der Waals surface area contributed by atoms with Crippen LogP contribution in [0, 0.1) is 0 Å². The van der Waals surface area contributed by atoms with Crippen LogP contribution in [-0.2, 0) is 4.74 Å². The fourth-order valence-electron chi connectivity index (χ4n) is 1.84. The van der Waals surface area contributed by atoms with Gasteiger partial charge in [-0.15, -0.1) is 0 Å². The second-order valence-electron chi connectivity index (χ2n) is 6.09. The van der Waals surface area contributed by atoms with Gasteiger partial charge >= 0.3 is 6.09 Å². The third-order valence-electron chi connectivity index (χ3n) is 2.66. The average Bonchev–Trinajstić information content (AvgIpc) is 2.54. The van der Waals surface area contributed by atoms with Gasteiger partial charge in [0.05, 0.1) is 6.61 Å². The summed E-state index contributed by atoms with van der Waals surface area (Å²) in [6.07, 6.45) is 1.95. The van der Waals surface area contributed by atoms with Crippen molar-refractivity contribution in [2.45, 2.75) is 53.1 Å². The van der Waals surface area contributed by atoms with E-state index < -0.39 is 5.60 Å². The van der Waals surface area contributed by atoms with Gasteiger partial charge in [0.1, 0.15) is 5.60 Å². The van der Waals surface area contributed by atoms with Crippen LogP contribution < -0.4 is 0 Å². The molecular formula is C15H32N2O3. The Kier molecular flexibility index (Phi) is 9.59. The monoisotopic (exact) mass is 288 g/mol. The molecule has 1 saturated heterocycles. The number of aliphatic hydroxyl groups excluding tert-OH is 1. The summed E-state index contributed by atoms with van der Waals surface area (Å²) in [6.45, 7) is 13.9. The Morgan fingerprint density at radius 1 is 1.15 bits per heavy atom. The highest BCUT2D eigenvalue weighted by Crippen LogP contribution is 2.11. The summed E-state index contributed by atoms with van der Waals surface area (Å²) < 4.78 is 5.35. The molecule has 5 nitrogen and oxygen atoms in total. The largest absolute Gasteiger partial charge is 0.444 e. The van der Waals surface area contributed by atoms with Gasteiger partial charge in [-0.25, -0.2) is 4.79 Å². The number of rotatable bonds is 2. The number of nitrogens with zero attached hydrogens (tertiary/aromatic N) is 2. The predicted octanol–water partition coefficient (Wildman–Crippen LogP) is 2.34. The average molecular weight is 288 g/mol. The molecule has 0 unspecified atom stereocenters. The van der Waals surface area contributed by atoms with E-state index in [0.717, 1.165) is 26.1 Å². The molecule has 0 saturated carbocycles. The summed E-state index contributed by atoms with van der Waals surface area (Å²) in [5.74, 6) is 0. The first-order valence-corrected chi connectivity index (χ1v) is 7.65. The van der Waals surface area contributed by atoms with Crippen molar-refractivity contribution >= 4 is 6.09 Å². The lowest BCUT2D eigenvalue weighted by Crippen LogP contribution is -2.39. The summed E-state index contributed by atoms with van der Waals surface area (Å²) in [5.41, 5.74) is -0.436. The van der Waals surface area contributed by atoms with Crippen molar-refractivity contribution in [3.8, 4) is 0 Å². The summed E-state index contributed by atoms with van der Waals surface area (Å²) >= 11 is 0. The Labute approximate surface area is 123 Å². The van der Waals surface area contributed by atoms with Gasteiger partial charge in [0.25, 0.3) is 0 Å². The molecule has 0 radical (unpaired) electrons. The predicted molar refractivity (Wildman–Crippen MR) is 81.9 cm³/mol. The van der Waals surface area contributed by atoms with Gasteiger partial charge in [-0.2, -0.15) is 0 Å². The first kappa shape index (κ1) is 19.2. The van der Waals surface area contributed by atoms with Gasteiger partial charge in [-0.3, -0.25) is 4.90 Å². The van der Waals surface area contributed by atoms with Crippen molar-refractivity contribution in [2.24, 2.45) is 0 Å². The zero-order valence-electron chi connectivity index (χ0n) is 13.8. The highest BCUT2D eigenvalue weighted by Gasteiger charge is 2.24. The maximum absolute atomic E-state index is 11.9. The van der Waals surface area contributed by atoms with E-state index in [-0.39, 0.29) is 12.7 Å². The molecule has 1 heterocycles. The number of aliphatic hydroxyl groups is 1. The molecule has 0 aromatic heterocycles. The lowest BCUT2D eigenvalue weighted by atomic mass is 10.2. The molecule has 120 valence electrons. The molecule has 1 aliphatic heterocycles. The van der Waals surface area contributed by atoms with Crippen LogP contribution >= 0.6 is 0 Å². The first-order chi connectivity index (χ1) is 9.34. The van der Waals surface area contributed by atoms with Crippen molar-refractivity contribution in [1.82, 2.24) is 9.80 Å². The van der Waals surface area contributed by atoms with Crippen LogP contribution in [0.15, 0.2) is 0 Å². The third kappa shape index (κ3) is 9.15. The van der Waals surface area contributed by atoms with Gasteiger partial charge in [0.15, 0.2) is 0 Å². The number of carbonyl (C=O) groups excluding carboxylic acids is 1. The lowest BCUT2D eigenvalue weighted by molar-refractivity contribution is 0.0257. The molecule has 0 aliphatic carbocycles. The van der Waals surface area contributed by atoms with Crippen LogP contribution in [0.1, 0.15) is 47.5 Å². The molecule has 0 aromatic carbocycles. The fourth-order valence-corrected chi connectivity index (χ4v) is 1.84. The molecule has 1 fully saturated rings. The molecule has 0 bridgehead atoms. The molecule has 5 heteroatoms. The minimum Gasteiger partial charge on any atom is -0.444 e. The summed E-state index contributed by atoms with van der Waals surface area (Å²) in [5, 5.41) is 8.89. The normalized spacial score (nSPS) is 17.0. The van der Waals surface area contributed by atoms with Crippen molar-refractivity contribution in [3.63, 3.8) is 0 Å². The lowest BCUT2D eigenvalue weighted by Gasteiger charge is -2.26. The van der Waals surface area contributed by atoms with Gasteiger partial charge < -0.3 is 14.7 Å². The zero-order valence-corrected chi connectivity index (χ0v) is 13.8. The van der Waals surface area contributed by atoms with Crippen molar-refractivity contribution in [1.29, 1.82) is 0 Å². The van der Waals surface area contributed by atoms with Gasteiger partial charge in [-0.05, 0) is 33.7 Å². The van der Waals surface area contributed by atoms with Crippen LogP contribution in [0.25, 0.3) is 0 Å². The second-order valence-corrected chi connectivity index (χ2v) is 6.09. The molecule has 1 amide bonds. The highest BCUT2D eigenvalue weighted by molar-refractivity contribution is 5.68. The number of carbonyl (C=O) groups is 1. The maximum atomic E-state index is 11.9. The Morgan fingerprint density at radius 3 is 2.25 bits per heavy atom. The molecule has 20 heavy (non-hydrogen) atoms. The molecular weight excluding hydrogens is 256 g/mol. The summed E-state index contributed by atoms with van der Waals surface area (Å²) in [4.78, 5) is 15.8. The second kappa shape index (κ2) is 10.00. The number of hydrogen-bond donors (Lipinski definition) is 1. The van der Waals surface area contributed by atoms with Crippen molar-refractivity contribution in [3.05, 3.63) is 0 Å². The van der Waals surface area contributed by atoms with E-state index in [0.29, 0.717) is 13.1 Å². The van der Waals surface area contributed by atoms with Crippen LogP contribution in [0.5, 0.6) is 0 Å². The SMILES string of the molecule is CC(C)(C)OC(=O)N1CCCN(CCO)CC1.CCC. The molecule has 1 rings (SSSR count). The van der Waals surface area contributed by atoms with Crippen LogP contribution in [0.3, 0.4) is 0 Å². The maximum Gasteiger partial charge on any atom is 0.410 e. The Balaban J connectivity index is 0.00000110. The van der Waals surface area contributed by atoms with Crippen molar-refractivity contribution < 1.29 is 14.6 Å². The van der Waals surface area contributed by atoms with E-state index in [1.165, 1.54) is 6.42 Å². The Hall–Kier alpha value is -0.810. The minimum absolute atomic E-state index is 0.173. The Morgan fingerprint density at radius 2 is 1.75 bits per heavy atom. The molecule has 1 N–H and O–H groups in total. The van der Waals surface area contributed by atoms with E-state index in [9.17, 15) is 4.79 Å². The standard InChI is InChI=1S/C12H24N2O3.C3H8/c1-12(2,3)17-11(16)14-6-4-5-13(7-8-14)9-10-15;1-3-2/h15H,4-10H2,1-3H3;3H2,1-2H3.